The van der Waals surface area contributed by atoms with Crippen molar-refractivity contribution in [2.45, 2.75) is 81.7 Å². The Bertz CT molecular complexity index is 1990. The van der Waals surface area contributed by atoms with Crippen LogP contribution in [0.15, 0.2) is 54.7 Å². The summed E-state index contributed by atoms with van der Waals surface area (Å²) in [4.78, 5) is 18.5. The van der Waals surface area contributed by atoms with E-state index in [2.05, 4.69) is 49.1 Å². The maximum atomic E-state index is 13.6. The zero-order valence-corrected chi connectivity index (χ0v) is 31.8. The normalized spacial score (nSPS) is 32.3. The third kappa shape index (κ3) is 6.43. The Morgan fingerprint density at radius 3 is 2.81 bits per heavy atom. The molecule has 278 valence electrons. The highest BCUT2D eigenvalue weighted by Gasteiger charge is 2.50. The Balaban J connectivity index is 1.20. The van der Waals surface area contributed by atoms with Crippen LogP contribution in [0.5, 0.6) is 5.75 Å². The molecule has 11 nitrogen and oxygen atoms in total. The molecule has 0 saturated heterocycles. The average Bonchev–Trinajstić information content (AvgIpc) is 3.53. The van der Waals surface area contributed by atoms with Gasteiger partial charge in [-0.3, -0.25) is 9.69 Å². The molecular formula is C39H49ClN6O5S. The van der Waals surface area contributed by atoms with Gasteiger partial charge in [0.1, 0.15) is 11.4 Å². The van der Waals surface area contributed by atoms with Gasteiger partial charge < -0.3 is 14.4 Å². The van der Waals surface area contributed by atoms with Crippen molar-refractivity contribution in [3.05, 3.63) is 82.2 Å². The summed E-state index contributed by atoms with van der Waals surface area (Å²) in [6.45, 7) is 8.59. The fourth-order valence-electron chi connectivity index (χ4n) is 9.43. The highest BCUT2D eigenvalue weighted by atomic mass is 35.5. The molecule has 13 heteroatoms. The molecule has 1 fully saturated rings. The summed E-state index contributed by atoms with van der Waals surface area (Å²) in [5, 5.41) is 8.33. The molecule has 2 aromatic carbocycles. The Morgan fingerprint density at radius 2 is 2.00 bits per heavy atom. The molecule has 6 atom stereocenters. The Morgan fingerprint density at radius 1 is 1.13 bits per heavy atom. The third-order valence-corrected chi connectivity index (χ3v) is 14.9. The molecule has 5 aliphatic rings. The van der Waals surface area contributed by atoms with Gasteiger partial charge in [-0.1, -0.05) is 42.0 Å². The number of rotatable bonds is 3. The summed E-state index contributed by atoms with van der Waals surface area (Å²) in [5.74, 6) is 0.361. The SMILES string of the molecule is CO[C@@]1(CN2CCn3nncc3C2)/C=C\C[C@H](C)[C@@H](C)S(=O)(=O)NC(=O)c2ccc3c(c2)N(C[C@@H]2CC[C@H]21)C[C@@]1(CCCc2cc(Cl)ccc21)CO3. The van der Waals surface area contributed by atoms with E-state index < -0.39 is 26.8 Å². The standard InChI is InChI=1S/C39H49ClN6O5S/c1-26-6-4-15-39(50-3,24-44-16-17-46-32(22-44)20-41-43-46)34-11-8-30(34)21-45-23-38(14-5-7-28-18-31(40)10-12-33(28)38)25-51-36-13-9-29(19-35(36)45)37(47)42-52(48,49)27(26)2/h4,9-10,12-13,15,18-20,26-27,30,34H,5-8,11,14,16-17,21-25H2,1-3H3,(H,42,47)/b15-4-/t26-,27+,30-,34+,38-,39+/m0/s1. The van der Waals surface area contributed by atoms with Crippen molar-refractivity contribution < 1.29 is 22.7 Å². The minimum atomic E-state index is -3.97. The summed E-state index contributed by atoms with van der Waals surface area (Å²) in [6.07, 6.45) is 11.7. The van der Waals surface area contributed by atoms with Crippen LogP contribution in [0, 0.1) is 17.8 Å². The first-order valence-electron chi connectivity index (χ1n) is 18.7. The lowest BCUT2D eigenvalue weighted by Crippen LogP contribution is -2.57. The Labute approximate surface area is 311 Å². The predicted molar refractivity (Wildman–Crippen MR) is 200 cm³/mol. The molecule has 2 bridgehead atoms. The molecule has 2 aliphatic carbocycles. The molecule has 0 radical (unpaired) electrons. The topological polar surface area (TPSA) is 119 Å². The number of hydrogen-bond donors (Lipinski definition) is 1. The number of allylic oxidation sites excluding steroid dienone is 1. The lowest BCUT2D eigenvalue weighted by Gasteiger charge is -2.52. The van der Waals surface area contributed by atoms with E-state index >= 15 is 0 Å². The lowest BCUT2D eigenvalue weighted by atomic mass is 9.63. The number of aryl methyl sites for hydroxylation is 1. The second-order valence-electron chi connectivity index (χ2n) is 15.8. The number of benzene rings is 2. The predicted octanol–water partition coefficient (Wildman–Crippen LogP) is 5.38. The third-order valence-electron chi connectivity index (χ3n) is 12.8. The van der Waals surface area contributed by atoms with E-state index in [1.807, 2.05) is 43.1 Å². The van der Waals surface area contributed by atoms with Gasteiger partial charge in [0.05, 0.1) is 36.0 Å². The Kier molecular flexibility index (Phi) is 9.41. The van der Waals surface area contributed by atoms with Crippen LogP contribution in [0.3, 0.4) is 0 Å². The van der Waals surface area contributed by atoms with Gasteiger partial charge in [0, 0.05) is 55.8 Å². The van der Waals surface area contributed by atoms with Crippen LogP contribution < -0.4 is 14.4 Å². The number of fused-ring (bicyclic) bond motifs is 5. The molecular weight excluding hydrogens is 700 g/mol. The summed E-state index contributed by atoms with van der Waals surface area (Å²) < 4.78 is 44.9. The second-order valence-corrected chi connectivity index (χ2v) is 18.3. The summed E-state index contributed by atoms with van der Waals surface area (Å²) in [7, 11) is -2.15. The maximum absolute atomic E-state index is 13.6. The number of ether oxygens (including phenoxy) is 2. The van der Waals surface area contributed by atoms with E-state index in [4.69, 9.17) is 21.1 Å². The van der Waals surface area contributed by atoms with E-state index in [1.165, 1.54) is 11.1 Å². The first-order chi connectivity index (χ1) is 25.0. The summed E-state index contributed by atoms with van der Waals surface area (Å²) >= 11 is 6.49. The number of amides is 1. The summed E-state index contributed by atoms with van der Waals surface area (Å²) in [5.41, 5.74) is 3.86. The average molecular weight is 749 g/mol. The minimum Gasteiger partial charge on any atom is -0.490 e. The van der Waals surface area contributed by atoms with Gasteiger partial charge in [-0.2, -0.15) is 0 Å². The molecule has 4 heterocycles. The van der Waals surface area contributed by atoms with Gasteiger partial charge in [-0.05, 0) is 105 Å². The molecule has 3 aromatic rings. The van der Waals surface area contributed by atoms with Gasteiger partial charge in [0.25, 0.3) is 5.91 Å². The van der Waals surface area contributed by atoms with Gasteiger partial charge >= 0.3 is 0 Å². The number of sulfonamides is 1. The largest absolute Gasteiger partial charge is 0.490 e. The van der Waals surface area contributed by atoms with Gasteiger partial charge in [0.2, 0.25) is 10.0 Å². The zero-order chi connectivity index (χ0) is 36.3. The van der Waals surface area contributed by atoms with Crippen LogP contribution in [0.2, 0.25) is 5.02 Å². The molecule has 1 saturated carbocycles. The van der Waals surface area contributed by atoms with Crippen LogP contribution in [0.25, 0.3) is 0 Å². The molecule has 3 aliphatic heterocycles. The number of aromatic nitrogens is 3. The Hall–Kier alpha value is -3.45. The number of nitrogens with zero attached hydrogens (tertiary/aromatic N) is 5. The fourth-order valence-corrected chi connectivity index (χ4v) is 10.9. The van der Waals surface area contributed by atoms with E-state index in [9.17, 15) is 13.2 Å². The maximum Gasteiger partial charge on any atom is 0.264 e. The van der Waals surface area contributed by atoms with Crippen LogP contribution in [0.4, 0.5) is 5.69 Å². The van der Waals surface area contributed by atoms with Crippen LogP contribution in [-0.2, 0) is 39.7 Å². The quantitative estimate of drug-likeness (QED) is 0.353. The summed E-state index contributed by atoms with van der Waals surface area (Å²) in [6, 6.07) is 11.6. The highest BCUT2D eigenvalue weighted by molar-refractivity contribution is 7.90. The number of halogens is 1. The van der Waals surface area contributed by atoms with Gasteiger partial charge in [-0.25, -0.2) is 17.8 Å². The fraction of sp³-hybridized carbons (Fsp3) is 0.564. The number of nitrogens with one attached hydrogen (secondary N) is 1. The first-order valence-corrected chi connectivity index (χ1v) is 20.6. The van der Waals surface area contributed by atoms with Crippen molar-refractivity contribution in [2.24, 2.45) is 17.8 Å². The second kappa shape index (κ2) is 13.8. The van der Waals surface area contributed by atoms with Crippen molar-refractivity contribution in [1.82, 2.24) is 24.6 Å². The van der Waals surface area contributed by atoms with E-state index in [-0.39, 0.29) is 17.3 Å². The van der Waals surface area contributed by atoms with E-state index in [1.54, 1.807) is 13.0 Å². The molecule has 1 aromatic heterocycles. The lowest BCUT2D eigenvalue weighted by molar-refractivity contribution is -0.0945. The van der Waals surface area contributed by atoms with Crippen molar-refractivity contribution in [1.29, 1.82) is 0 Å². The molecule has 1 spiro atoms. The number of anilines is 1. The monoisotopic (exact) mass is 748 g/mol. The zero-order valence-electron chi connectivity index (χ0n) is 30.3. The smallest absolute Gasteiger partial charge is 0.264 e. The van der Waals surface area contributed by atoms with Crippen LogP contribution >= 0.6 is 11.6 Å². The van der Waals surface area contributed by atoms with E-state index in [0.29, 0.717) is 43.3 Å². The number of hydrogen-bond acceptors (Lipinski definition) is 9. The molecule has 0 unspecified atom stereocenters. The van der Waals surface area contributed by atoms with Gasteiger partial charge in [0.15, 0.2) is 0 Å². The number of carbonyl (C=O) groups excluding carboxylic acids is 1. The molecule has 1 N–H and O–H groups in total. The molecule has 8 rings (SSSR count). The van der Waals surface area contributed by atoms with Gasteiger partial charge in [-0.15, -0.1) is 5.10 Å². The first kappa shape index (κ1) is 35.6. The van der Waals surface area contributed by atoms with Crippen LogP contribution in [0.1, 0.15) is 73.1 Å². The number of methoxy groups -OCH3 is 1. The van der Waals surface area contributed by atoms with Crippen molar-refractivity contribution in [3.8, 4) is 5.75 Å². The highest BCUT2D eigenvalue weighted by Crippen LogP contribution is 2.49. The van der Waals surface area contributed by atoms with E-state index in [0.717, 1.165) is 74.7 Å². The molecule has 52 heavy (non-hydrogen) atoms. The number of carbonyl (C=O) groups is 1. The van der Waals surface area contributed by atoms with Crippen molar-refractivity contribution >= 4 is 33.2 Å². The van der Waals surface area contributed by atoms with Crippen molar-refractivity contribution in [2.75, 3.05) is 44.8 Å². The minimum absolute atomic E-state index is 0.218. The van der Waals surface area contributed by atoms with Crippen LogP contribution in [-0.4, -0.2) is 85.0 Å². The molecule has 1 amide bonds. The van der Waals surface area contributed by atoms with Crippen molar-refractivity contribution in [3.63, 3.8) is 0 Å².